The number of nitrogens with zero attached hydrogens (tertiary/aromatic N) is 2. The maximum absolute atomic E-state index is 12.5. The van der Waals surface area contributed by atoms with Crippen LogP contribution in [0.25, 0.3) is 0 Å². The summed E-state index contributed by atoms with van der Waals surface area (Å²) in [6, 6.07) is 16.3. The first kappa shape index (κ1) is 35.8. The highest BCUT2D eigenvalue weighted by molar-refractivity contribution is 7.08. The number of hydrogen-bond donors (Lipinski definition) is 3. The van der Waals surface area contributed by atoms with Gasteiger partial charge in [0, 0.05) is 16.9 Å². The molecule has 2 aromatic heterocycles. The second kappa shape index (κ2) is 17.1. The number of benzene rings is 2. The summed E-state index contributed by atoms with van der Waals surface area (Å²) in [5, 5.41) is 13.5. The van der Waals surface area contributed by atoms with Crippen molar-refractivity contribution in [3.8, 4) is 0 Å². The van der Waals surface area contributed by atoms with Gasteiger partial charge >= 0.3 is 5.97 Å². The van der Waals surface area contributed by atoms with Crippen LogP contribution in [-0.4, -0.2) is 68.8 Å². The highest BCUT2D eigenvalue weighted by atomic mass is 32.1. The molecule has 2 atom stereocenters. The number of likely N-dealkylation sites (N-methyl/N-ethyl adjacent to an activating group) is 2. The number of carbonyl (C=O) groups excluding carboxylic acids is 4. The quantitative estimate of drug-likeness (QED) is 0.196. The van der Waals surface area contributed by atoms with Gasteiger partial charge in [0.25, 0.3) is 0 Å². The van der Waals surface area contributed by atoms with Gasteiger partial charge in [-0.25, -0.2) is 4.79 Å². The molecule has 0 saturated heterocycles. The van der Waals surface area contributed by atoms with E-state index in [-0.39, 0.29) is 31.3 Å². The van der Waals surface area contributed by atoms with Gasteiger partial charge < -0.3 is 21.1 Å². The van der Waals surface area contributed by atoms with E-state index in [1.165, 1.54) is 7.11 Å². The van der Waals surface area contributed by atoms with Gasteiger partial charge in [-0.3, -0.25) is 24.2 Å². The number of anilines is 2. The van der Waals surface area contributed by atoms with E-state index in [2.05, 4.69) is 15.4 Å². The van der Waals surface area contributed by atoms with Crippen molar-refractivity contribution in [2.45, 2.75) is 19.5 Å². The van der Waals surface area contributed by atoms with Crippen molar-refractivity contribution >= 4 is 57.7 Å². The number of thiophene rings is 2. The van der Waals surface area contributed by atoms with Crippen LogP contribution >= 0.6 is 22.7 Å². The van der Waals surface area contributed by atoms with Crippen LogP contribution in [0.15, 0.2) is 82.2 Å². The Morgan fingerprint density at radius 1 is 0.682 bits per heavy atom. The molecule has 4 rings (SSSR count). The lowest BCUT2D eigenvalue weighted by molar-refractivity contribution is -0.121. The van der Waals surface area contributed by atoms with E-state index < -0.39 is 11.9 Å². The van der Waals surface area contributed by atoms with E-state index in [1.54, 1.807) is 71.2 Å². The Morgan fingerprint density at radius 3 is 1.36 bits per heavy atom. The van der Waals surface area contributed by atoms with Gasteiger partial charge in [0.1, 0.15) is 12.1 Å². The van der Waals surface area contributed by atoms with Gasteiger partial charge in [0.05, 0.1) is 12.7 Å². The molecule has 3 amide bonds. The summed E-state index contributed by atoms with van der Waals surface area (Å²) >= 11 is 3.11. The van der Waals surface area contributed by atoms with Crippen LogP contribution in [0.3, 0.4) is 0 Å². The highest BCUT2D eigenvalue weighted by Crippen LogP contribution is 2.24. The fourth-order valence-corrected chi connectivity index (χ4v) is 5.53. The predicted molar refractivity (Wildman–Crippen MR) is 178 cm³/mol. The van der Waals surface area contributed by atoms with E-state index >= 15 is 0 Å². The molecule has 0 spiro atoms. The minimum atomic E-state index is -0.489. The number of esters is 1. The average molecular weight is 638 g/mol. The summed E-state index contributed by atoms with van der Waals surface area (Å²) in [6.07, 6.45) is 0. The standard InChI is InChI=1S/C16H18N2O3S.C15H17N3O2S.CH4/c1-18(2)14(12-8-9-22-10-12)15(19)17-13-6-4-11(5-7-13)16(20)21-3;1-18(2)13(11-7-8-21-9-11)15(20)17-12-5-3-10(4-6-12)14(16)19;/h4-10,14H,1-3H3,(H,17,19);3-9,13H,1-2H3,(H2,16,19)(H,17,20);1H4. The second-order valence-electron chi connectivity index (χ2n) is 9.83. The van der Waals surface area contributed by atoms with Gasteiger partial charge in [-0.2, -0.15) is 22.7 Å². The topological polar surface area (TPSA) is 134 Å². The van der Waals surface area contributed by atoms with Crippen LogP contribution in [0.1, 0.15) is 51.4 Å². The number of methoxy groups -OCH3 is 1. The van der Waals surface area contributed by atoms with Crippen LogP contribution < -0.4 is 16.4 Å². The van der Waals surface area contributed by atoms with Crippen molar-refractivity contribution in [1.82, 2.24) is 9.80 Å². The van der Waals surface area contributed by atoms with E-state index in [9.17, 15) is 19.2 Å². The SMILES string of the molecule is C.CN(C)C(C(=O)Nc1ccc(C(N)=O)cc1)c1ccsc1.COC(=O)c1ccc(NC(=O)C(c2ccsc2)N(C)C)cc1. The normalized spacial score (nSPS) is 11.8. The zero-order valence-electron chi connectivity index (χ0n) is 24.6. The molecule has 4 aromatic rings. The smallest absolute Gasteiger partial charge is 0.337 e. The van der Waals surface area contributed by atoms with Crippen LogP contribution in [0.5, 0.6) is 0 Å². The molecule has 44 heavy (non-hydrogen) atoms. The number of nitrogens with two attached hydrogens (primary N) is 1. The molecule has 2 aromatic carbocycles. The molecular formula is C32H39N5O5S2. The minimum absolute atomic E-state index is 0. The summed E-state index contributed by atoms with van der Waals surface area (Å²) in [5.41, 5.74) is 9.23. The van der Waals surface area contributed by atoms with Gasteiger partial charge in [-0.15, -0.1) is 0 Å². The number of ether oxygens (including phenoxy) is 1. The molecule has 2 heterocycles. The van der Waals surface area contributed by atoms with Gasteiger partial charge in [0.15, 0.2) is 0 Å². The molecule has 12 heteroatoms. The third-order valence-electron chi connectivity index (χ3n) is 6.26. The lowest BCUT2D eigenvalue weighted by Crippen LogP contribution is -2.32. The Labute approximate surface area is 266 Å². The minimum Gasteiger partial charge on any atom is -0.465 e. The van der Waals surface area contributed by atoms with E-state index in [1.807, 2.05) is 71.6 Å². The van der Waals surface area contributed by atoms with Crippen LogP contribution in [0, 0.1) is 0 Å². The predicted octanol–water partition coefficient (Wildman–Crippen LogP) is 5.50. The van der Waals surface area contributed by atoms with Crippen LogP contribution in [0.4, 0.5) is 11.4 Å². The Balaban J connectivity index is 0.000000300. The highest BCUT2D eigenvalue weighted by Gasteiger charge is 2.24. The number of carbonyl (C=O) groups is 4. The summed E-state index contributed by atoms with van der Waals surface area (Å²) in [4.78, 5) is 51.0. The number of amides is 3. The molecule has 0 aliphatic carbocycles. The first-order valence-electron chi connectivity index (χ1n) is 13.1. The van der Waals surface area contributed by atoms with Gasteiger partial charge in [0.2, 0.25) is 17.7 Å². The first-order chi connectivity index (χ1) is 20.5. The molecule has 0 aliphatic rings. The van der Waals surface area contributed by atoms with E-state index in [4.69, 9.17) is 5.73 Å². The summed E-state index contributed by atoms with van der Waals surface area (Å²) in [5.74, 6) is -1.13. The van der Waals surface area contributed by atoms with Crippen molar-refractivity contribution in [3.05, 3.63) is 104 Å². The van der Waals surface area contributed by atoms with Gasteiger partial charge in [-0.05, 0) is 122 Å². The number of nitrogens with one attached hydrogen (secondary N) is 2. The molecular weight excluding hydrogens is 599 g/mol. The fourth-order valence-electron chi connectivity index (χ4n) is 4.18. The zero-order chi connectivity index (χ0) is 31.5. The number of hydrogen-bond acceptors (Lipinski definition) is 9. The van der Waals surface area contributed by atoms with Crippen LogP contribution in [0.2, 0.25) is 0 Å². The van der Waals surface area contributed by atoms with Crippen molar-refractivity contribution in [1.29, 1.82) is 0 Å². The largest absolute Gasteiger partial charge is 0.465 e. The lowest BCUT2D eigenvalue weighted by Gasteiger charge is -2.22. The third-order valence-corrected chi connectivity index (χ3v) is 7.66. The van der Waals surface area contributed by atoms with E-state index in [0.29, 0.717) is 22.5 Å². The average Bonchev–Trinajstić information content (AvgIpc) is 3.69. The van der Waals surface area contributed by atoms with Gasteiger partial charge in [-0.1, -0.05) is 7.43 Å². The monoisotopic (exact) mass is 637 g/mol. The van der Waals surface area contributed by atoms with Crippen molar-refractivity contribution < 1.29 is 23.9 Å². The fraction of sp³-hybridized carbons (Fsp3) is 0.250. The zero-order valence-corrected chi connectivity index (χ0v) is 26.2. The maximum atomic E-state index is 12.5. The molecule has 0 bridgehead atoms. The second-order valence-corrected chi connectivity index (χ2v) is 11.4. The number of primary amides is 1. The molecule has 10 nitrogen and oxygen atoms in total. The Kier molecular flexibility index (Phi) is 13.9. The molecule has 0 radical (unpaired) electrons. The first-order valence-corrected chi connectivity index (χ1v) is 15.0. The maximum Gasteiger partial charge on any atom is 0.337 e. The number of rotatable bonds is 10. The van der Waals surface area contributed by atoms with Crippen molar-refractivity contribution in [3.63, 3.8) is 0 Å². The summed E-state index contributed by atoms with van der Waals surface area (Å²) < 4.78 is 4.64. The molecule has 0 fully saturated rings. The Bertz CT molecular complexity index is 1490. The van der Waals surface area contributed by atoms with Crippen molar-refractivity contribution in [2.24, 2.45) is 5.73 Å². The summed E-state index contributed by atoms with van der Waals surface area (Å²) in [7, 11) is 8.78. The molecule has 4 N–H and O–H groups in total. The third kappa shape index (κ3) is 9.85. The molecule has 234 valence electrons. The Hall–Kier alpha value is -4.36. The van der Waals surface area contributed by atoms with Crippen LogP contribution in [-0.2, 0) is 14.3 Å². The molecule has 0 aliphatic heterocycles. The summed E-state index contributed by atoms with van der Waals surface area (Å²) in [6.45, 7) is 0. The molecule has 2 unspecified atom stereocenters. The Morgan fingerprint density at radius 2 is 1.07 bits per heavy atom. The van der Waals surface area contributed by atoms with Crippen molar-refractivity contribution in [2.75, 3.05) is 45.9 Å². The van der Waals surface area contributed by atoms with E-state index in [0.717, 1.165) is 11.1 Å². The lowest BCUT2D eigenvalue weighted by atomic mass is 10.1. The molecule has 0 saturated carbocycles.